The fourth-order valence-corrected chi connectivity index (χ4v) is 1.67. The largest absolute Gasteiger partial charge is 0.392 e. The number of aliphatic hydroxyl groups is 1. The SMILES string of the molecule is CC(C)C(O)Cc1nc(CS(C)(=O)=O)no1. The van der Waals surface area contributed by atoms with E-state index in [0.717, 1.165) is 6.26 Å². The van der Waals surface area contributed by atoms with Crippen molar-refractivity contribution in [2.75, 3.05) is 6.26 Å². The van der Waals surface area contributed by atoms with E-state index in [1.807, 2.05) is 13.8 Å². The lowest BCUT2D eigenvalue weighted by Gasteiger charge is -2.10. The Kier molecular flexibility index (Phi) is 4.03. The zero-order chi connectivity index (χ0) is 12.3. The van der Waals surface area contributed by atoms with Gasteiger partial charge in [0.2, 0.25) is 5.89 Å². The van der Waals surface area contributed by atoms with E-state index in [9.17, 15) is 13.5 Å². The van der Waals surface area contributed by atoms with E-state index >= 15 is 0 Å². The van der Waals surface area contributed by atoms with Crippen molar-refractivity contribution in [3.8, 4) is 0 Å². The summed E-state index contributed by atoms with van der Waals surface area (Å²) in [6.07, 6.45) is 0.784. The van der Waals surface area contributed by atoms with Gasteiger partial charge in [-0.3, -0.25) is 0 Å². The molecule has 0 saturated carbocycles. The minimum absolute atomic E-state index is 0.0882. The molecule has 0 aliphatic heterocycles. The van der Waals surface area contributed by atoms with Crippen LogP contribution in [0.3, 0.4) is 0 Å². The first-order valence-electron chi connectivity index (χ1n) is 4.95. The highest BCUT2D eigenvalue weighted by molar-refractivity contribution is 7.89. The summed E-state index contributed by atoms with van der Waals surface area (Å²) in [5, 5.41) is 13.1. The van der Waals surface area contributed by atoms with Gasteiger partial charge in [-0.25, -0.2) is 8.42 Å². The molecule has 1 N–H and O–H groups in total. The summed E-state index contributed by atoms with van der Waals surface area (Å²) in [5.74, 6) is 0.243. The molecule has 0 fully saturated rings. The molecule has 1 aromatic heterocycles. The molecule has 7 heteroatoms. The van der Waals surface area contributed by atoms with Crippen LogP contribution in [0, 0.1) is 5.92 Å². The normalized spacial score (nSPS) is 14.3. The van der Waals surface area contributed by atoms with Crippen molar-refractivity contribution in [2.24, 2.45) is 5.92 Å². The van der Waals surface area contributed by atoms with Gasteiger partial charge in [-0.1, -0.05) is 19.0 Å². The topological polar surface area (TPSA) is 93.3 Å². The molecule has 1 atom stereocenters. The molecule has 1 rings (SSSR count). The molecular weight excluding hydrogens is 232 g/mol. The quantitative estimate of drug-likeness (QED) is 0.798. The first kappa shape index (κ1) is 13.1. The van der Waals surface area contributed by atoms with Crippen molar-refractivity contribution in [3.05, 3.63) is 11.7 Å². The highest BCUT2D eigenvalue weighted by Crippen LogP contribution is 2.09. The second-order valence-electron chi connectivity index (χ2n) is 4.19. The van der Waals surface area contributed by atoms with E-state index in [1.165, 1.54) is 0 Å². The van der Waals surface area contributed by atoms with Gasteiger partial charge in [0.1, 0.15) is 5.75 Å². The Morgan fingerprint density at radius 2 is 2.06 bits per heavy atom. The van der Waals surface area contributed by atoms with Gasteiger partial charge >= 0.3 is 0 Å². The molecule has 0 spiro atoms. The second-order valence-corrected chi connectivity index (χ2v) is 6.33. The Balaban J connectivity index is 2.65. The van der Waals surface area contributed by atoms with Crippen LogP contribution in [0.2, 0.25) is 0 Å². The minimum Gasteiger partial charge on any atom is -0.392 e. The molecule has 0 aliphatic carbocycles. The zero-order valence-corrected chi connectivity index (χ0v) is 10.4. The molecule has 0 saturated heterocycles. The highest BCUT2D eigenvalue weighted by Gasteiger charge is 2.16. The zero-order valence-electron chi connectivity index (χ0n) is 9.54. The molecule has 0 aliphatic rings. The third-order valence-corrected chi connectivity index (χ3v) is 2.84. The lowest BCUT2D eigenvalue weighted by molar-refractivity contribution is 0.116. The van der Waals surface area contributed by atoms with E-state index < -0.39 is 15.9 Å². The van der Waals surface area contributed by atoms with Crippen LogP contribution in [0.4, 0.5) is 0 Å². The van der Waals surface area contributed by atoms with Crippen molar-refractivity contribution in [3.63, 3.8) is 0 Å². The molecule has 0 radical (unpaired) electrons. The summed E-state index contributed by atoms with van der Waals surface area (Å²) in [6.45, 7) is 3.75. The van der Waals surface area contributed by atoms with Gasteiger partial charge in [-0.15, -0.1) is 0 Å². The molecule has 1 unspecified atom stereocenters. The standard InChI is InChI=1S/C9H16N2O4S/c1-6(2)7(12)4-9-10-8(11-15-9)5-16(3,13)14/h6-7,12H,4-5H2,1-3H3. The average molecular weight is 248 g/mol. The first-order valence-corrected chi connectivity index (χ1v) is 7.01. The van der Waals surface area contributed by atoms with E-state index in [1.54, 1.807) is 0 Å². The van der Waals surface area contributed by atoms with Gasteiger partial charge < -0.3 is 9.63 Å². The summed E-state index contributed by atoms with van der Waals surface area (Å²) in [4.78, 5) is 3.90. The number of sulfone groups is 1. The van der Waals surface area contributed by atoms with Crippen molar-refractivity contribution in [1.29, 1.82) is 0 Å². The van der Waals surface area contributed by atoms with E-state index in [4.69, 9.17) is 4.52 Å². The van der Waals surface area contributed by atoms with Gasteiger partial charge in [-0.2, -0.15) is 4.98 Å². The van der Waals surface area contributed by atoms with Crippen molar-refractivity contribution >= 4 is 9.84 Å². The summed E-state index contributed by atoms with van der Waals surface area (Å²) in [7, 11) is -3.16. The highest BCUT2D eigenvalue weighted by atomic mass is 32.2. The summed E-state index contributed by atoms with van der Waals surface area (Å²) < 4.78 is 26.8. The predicted molar refractivity (Wildman–Crippen MR) is 57.4 cm³/mol. The van der Waals surface area contributed by atoms with E-state index in [-0.39, 0.29) is 29.8 Å². The summed E-state index contributed by atoms with van der Waals surface area (Å²) in [6, 6.07) is 0. The van der Waals surface area contributed by atoms with Crippen LogP contribution in [0.15, 0.2) is 4.52 Å². The molecular formula is C9H16N2O4S. The molecule has 0 bridgehead atoms. The fraction of sp³-hybridized carbons (Fsp3) is 0.778. The Hall–Kier alpha value is -0.950. The average Bonchev–Trinajstić information content (AvgIpc) is 2.49. The van der Waals surface area contributed by atoms with Crippen LogP contribution < -0.4 is 0 Å². The molecule has 0 aromatic carbocycles. The van der Waals surface area contributed by atoms with Crippen molar-refractivity contribution < 1.29 is 18.0 Å². The number of aliphatic hydroxyl groups excluding tert-OH is 1. The smallest absolute Gasteiger partial charge is 0.229 e. The lowest BCUT2D eigenvalue weighted by atomic mass is 10.0. The fourth-order valence-electron chi connectivity index (χ4n) is 1.08. The second kappa shape index (κ2) is 4.92. The molecule has 1 aromatic rings. The molecule has 16 heavy (non-hydrogen) atoms. The monoisotopic (exact) mass is 248 g/mol. The maximum atomic E-state index is 11.0. The maximum Gasteiger partial charge on any atom is 0.229 e. The molecule has 1 heterocycles. The summed E-state index contributed by atoms with van der Waals surface area (Å²) >= 11 is 0. The number of aromatic nitrogens is 2. The Morgan fingerprint density at radius 3 is 2.56 bits per heavy atom. The first-order chi connectivity index (χ1) is 7.28. The predicted octanol–water partition coefficient (Wildman–Crippen LogP) is 0.174. The Bertz CT molecular complexity index is 438. The van der Waals surface area contributed by atoms with Crippen molar-refractivity contribution in [1.82, 2.24) is 10.1 Å². The number of hydrogen-bond donors (Lipinski definition) is 1. The van der Waals surface area contributed by atoms with Gasteiger partial charge in [0.05, 0.1) is 12.5 Å². The van der Waals surface area contributed by atoms with Crippen LogP contribution in [0.25, 0.3) is 0 Å². The van der Waals surface area contributed by atoms with Gasteiger partial charge in [0.25, 0.3) is 0 Å². The Labute approximate surface area is 94.6 Å². The lowest BCUT2D eigenvalue weighted by Crippen LogP contribution is -2.17. The maximum absolute atomic E-state index is 11.0. The minimum atomic E-state index is -3.16. The van der Waals surface area contributed by atoms with Gasteiger partial charge in [0.15, 0.2) is 15.7 Å². The number of rotatable bonds is 5. The van der Waals surface area contributed by atoms with Gasteiger partial charge in [-0.05, 0) is 5.92 Å². The van der Waals surface area contributed by atoms with Crippen molar-refractivity contribution in [2.45, 2.75) is 32.1 Å². The molecule has 6 nitrogen and oxygen atoms in total. The van der Waals surface area contributed by atoms with E-state index in [2.05, 4.69) is 10.1 Å². The van der Waals surface area contributed by atoms with Crippen LogP contribution in [0.5, 0.6) is 0 Å². The number of hydrogen-bond acceptors (Lipinski definition) is 6. The Morgan fingerprint density at radius 1 is 1.44 bits per heavy atom. The van der Waals surface area contributed by atoms with Crippen LogP contribution in [-0.4, -0.2) is 36.0 Å². The third-order valence-electron chi connectivity index (χ3n) is 2.05. The van der Waals surface area contributed by atoms with Gasteiger partial charge in [0, 0.05) is 6.26 Å². The number of nitrogens with zero attached hydrogens (tertiary/aromatic N) is 2. The van der Waals surface area contributed by atoms with E-state index in [0.29, 0.717) is 0 Å². The third kappa shape index (κ3) is 4.28. The van der Waals surface area contributed by atoms with Crippen LogP contribution >= 0.6 is 0 Å². The van der Waals surface area contributed by atoms with Crippen LogP contribution in [0.1, 0.15) is 25.6 Å². The summed E-state index contributed by atoms with van der Waals surface area (Å²) in [5.41, 5.74) is 0. The molecule has 0 amide bonds. The molecule has 92 valence electrons. The van der Waals surface area contributed by atoms with Crippen LogP contribution in [-0.2, 0) is 22.0 Å².